The summed E-state index contributed by atoms with van der Waals surface area (Å²) in [5, 5.41) is 3.97. The zero-order valence-corrected chi connectivity index (χ0v) is 15.4. The number of hydrogen-bond acceptors (Lipinski definition) is 1. The number of halogens is 4. The Balaban J connectivity index is 2.52. The number of hydrogen-bond donors (Lipinski definition) is 1. The van der Waals surface area contributed by atoms with E-state index in [0.29, 0.717) is 15.1 Å². The van der Waals surface area contributed by atoms with Crippen molar-refractivity contribution in [3.05, 3.63) is 67.3 Å². The van der Waals surface area contributed by atoms with E-state index in [-0.39, 0.29) is 11.9 Å². The van der Waals surface area contributed by atoms with Crippen LogP contribution in [0, 0.1) is 5.82 Å². The fourth-order valence-corrected chi connectivity index (χ4v) is 3.16. The van der Waals surface area contributed by atoms with E-state index in [4.69, 9.17) is 11.6 Å². The van der Waals surface area contributed by atoms with Crippen molar-refractivity contribution in [1.29, 1.82) is 0 Å². The lowest BCUT2D eigenvalue weighted by Gasteiger charge is -2.22. The Kier molecular flexibility index (Phi) is 6.23. The summed E-state index contributed by atoms with van der Waals surface area (Å²) in [6.45, 7) is 2.85. The third kappa shape index (κ3) is 3.86. The van der Waals surface area contributed by atoms with Gasteiger partial charge < -0.3 is 5.32 Å². The first-order valence-corrected chi connectivity index (χ1v) is 8.63. The van der Waals surface area contributed by atoms with E-state index >= 15 is 0 Å². The fourth-order valence-electron chi connectivity index (χ4n) is 2.16. The molecule has 0 saturated heterocycles. The van der Waals surface area contributed by atoms with Crippen LogP contribution in [-0.2, 0) is 0 Å². The van der Waals surface area contributed by atoms with Gasteiger partial charge in [-0.1, -0.05) is 42.8 Å². The summed E-state index contributed by atoms with van der Waals surface area (Å²) in [6, 6.07) is 10.7. The fraction of sp³-hybridized carbons (Fsp3) is 0.250. The van der Waals surface area contributed by atoms with E-state index < -0.39 is 0 Å². The van der Waals surface area contributed by atoms with Gasteiger partial charge in [-0.15, -0.1) is 0 Å². The maximum atomic E-state index is 14.5. The minimum atomic E-state index is -0.285. The molecule has 2 aromatic carbocycles. The molecule has 0 aromatic heterocycles. The molecule has 1 atom stereocenters. The van der Waals surface area contributed by atoms with E-state index in [1.807, 2.05) is 24.3 Å². The lowest BCUT2D eigenvalue weighted by atomic mass is 9.98. The van der Waals surface area contributed by atoms with Crippen molar-refractivity contribution < 1.29 is 4.39 Å². The number of rotatable bonds is 5. The summed E-state index contributed by atoms with van der Waals surface area (Å²) in [4.78, 5) is 0. The standard InChI is InChI=1S/C16H15Br2ClFN/c1-2-9-21-16(10-5-3-7-12(17)14(10)19)11-6-4-8-13(18)15(11)20/h3-8,16,21H,2,9H2,1H3. The van der Waals surface area contributed by atoms with Crippen LogP contribution >= 0.6 is 43.5 Å². The molecule has 2 rings (SSSR count). The van der Waals surface area contributed by atoms with E-state index in [2.05, 4.69) is 44.1 Å². The van der Waals surface area contributed by atoms with E-state index in [1.54, 1.807) is 12.1 Å². The minimum absolute atomic E-state index is 0.262. The maximum absolute atomic E-state index is 14.5. The van der Waals surface area contributed by atoms with Crippen molar-refractivity contribution >= 4 is 43.5 Å². The van der Waals surface area contributed by atoms with Gasteiger partial charge in [0.2, 0.25) is 0 Å². The summed E-state index contributed by atoms with van der Waals surface area (Å²) in [5.41, 5.74) is 1.44. The van der Waals surface area contributed by atoms with Gasteiger partial charge in [-0.2, -0.15) is 0 Å². The Bertz CT molecular complexity index is 582. The maximum Gasteiger partial charge on any atom is 0.142 e. The van der Waals surface area contributed by atoms with Crippen LogP contribution < -0.4 is 5.32 Å². The Morgan fingerprint density at radius 1 is 1.10 bits per heavy atom. The predicted octanol–water partition coefficient (Wildman–Crippen LogP) is 6.09. The van der Waals surface area contributed by atoms with Crippen LogP contribution in [0.15, 0.2) is 45.3 Å². The van der Waals surface area contributed by atoms with Gasteiger partial charge in [-0.25, -0.2) is 4.39 Å². The van der Waals surface area contributed by atoms with Gasteiger partial charge in [-0.3, -0.25) is 0 Å². The molecule has 0 aliphatic rings. The van der Waals surface area contributed by atoms with Gasteiger partial charge >= 0.3 is 0 Å². The van der Waals surface area contributed by atoms with Crippen molar-refractivity contribution in [3.8, 4) is 0 Å². The van der Waals surface area contributed by atoms with Crippen molar-refractivity contribution in [1.82, 2.24) is 5.32 Å². The highest BCUT2D eigenvalue weighted by atomic mass is 79.9. The zero-order chi connectivity index (χ0) is 15.4. The SMILES string of the molecule is CCCNC(c1cccc(Br)c1F)c1cccc(Br)c1Cl. The highest BCUT2D eigenvalue weighted by Gasteiger charge is 2.21. The average molecular weight is 436 g/mol. The largest absolute Gasteiger partial charge is 0.306 e. The molecule has 1 unspecified atom stereocenters. The van der Waals surface area contributed by atoms with Gasteiger partial charge in [0, 0.05) is 10.0 Å². The normalized spacial score (nSPS) is 12.4. The molecule has 1 N–H and O–H groups in total. The van der Waals surface area contributed by atoms with Gasteiger partial charge in [-0.05, 0) is 62.5 Å². The van der Waals surface area contributed by atoms with Crippen molar-refractivity contribution in [2.75, 3.05) is 6.54 Å². The molecular weight excluding hydrogens is 420 g/mol. The van der Waals surface area contributed by atoms with Crippen LogP contribution in [0.3, 0.4) is 0 Å². The molecule has 0 radical (unpaired) electrons. The summed E-state index contributed by atoms with van der Waals surface area (Å²) in [7, 11) is 0. The van der Waals surface area contributed by atoms with Crippen molar-refractivity contribution in [3.63, 3.8) is 0 Å². The van der Waals surface area contributed by atoms with Crippen LogP contribution in [0.25, 0.3) is 0 Å². The third-order valence-electron chi connectivity index (χ3n) is 3.18. The highest BCUT2D eigenvalue weighted by Crippen LogP contribution is 2.35. The lowest BCUT2D eigenvalue weighted by molar-refractivity contribution is 0.543. The molecule has 0 aliphatic carbocycles. The molecule has 0 aliphatic heterocycles. The first kappa shape index (κ1) is 16.9. The third-order valence-corrected chi connectivity index (χ3v) is 5.11. The smallest absolute Gasteiger partial charge is 0.142 e. The molecule has 21 heavy (non-hydrogen) atoms. The molecule has 0 saturated carbocycles. The summed E-state index contributed by atoms with van der Waals surface area (Å²) in [5.74, 6) is -0.262. The second kappa shape index (κ2) is 7.73. The first-order valence-electron chi connectivity index (χ1n) is 6.67. The van der Waals surface area contributed by atoms with Crippen molar-refractivity contribution in [2.45, 2.75) is 19.4 Å². The van der Waals surface area contributed by atoms with Crippen molar-refractivity contribution in [2.24, 2.45) is 0 Å². The minimum Gasteiger partial charge on any atom is -0.306 e. The van der Waals surface area contributed by atoms with Crippen LogP contribution in [0.5, 0.6) is 0 Å². The monoisotopic (exact) mass is 433 g/mol. The Morgan fingerprint density at radius 2 is 1.71 bits per heavy atom. The van der Waals surface area contributed by atoms with E-state index in [9.17, 15) is 4.39 Å². The summed E-state index contributed by atoms with van der Waals surface area (Å²) in [6.07, 6.45) is 0.956. The quantitative estimate of drug-likeness (QED) is 0.599. The molecule has 112 valence electrons. The molecule has 0 spiro atoms. The molecule has 0 amide bonds. The van der Waals surface area contributed by atoms with Crippen LogP contribution in [0.2, 0.25) is 5.02 Å². The van der Waals surface area contributed by atoms with Crippen LogP contribution in [-0.4, -0.2) is 6.54 Å². The van der Waals surface area contributed by atoms with Crippen LogP contribution in [0.4, 0.5) is 4.39 Å². The predicted molar refractivity (Wildman–Crippen MR) is 93.4 cm³/mol. The van der Waals surface area contributed by atoms with Gasteiger partial charge in [0.15, 0.2) is 0 Å². The van der Waals surface area contributed by atoms with E-state index in [1.165, 1.54) is 0 Å². The molecule has 0 fully saturated rings. The lowest BCUT2D eigenvalue weighted by Crippen LogP contribution is -2.24. The number of benzene rings is 2. The first-order chi connectivity index (χ1) is 10.1. The molecule has 0 heterocycles. The van der Waals surface area contributed by atoms with Gasteiger partial charge in [0.25, 0.3) is 0 Å². The van der Waals surface area contributed by atoms with Gasteiger partial charge in [0.05, 0.1) is 15.5 Å². The Morgan fingerprint density at radius 3 is 2.38 bits per heavy atom. The number of nitrogens with one attached hydrogen (secondary N) is 1. The average Bonchev–Trinajstić information content (AvgIpc) is 2.47. The molecule has 2 aromatic rings. The second-order valence-corrected chi connectivity index (χ2v) is 6.76. The second-order valence-electron chi connectivity index (χ2n) is 4.67. The summed E-state index contributed by atoms with van der Waals surface area (Å²) < 4.78 is 15.7. The van der Waals surface area contributed by atoms with Crippen LogP contribution in [0.1, 0.15) is 30.5 Å². The molecule has 5 heteroatoms. The topological polar surface area (TPSA) is 12.0 Å². The van der Waals surface area contributed by atoms with Gasteiger partial charge in [0.1, 0.15) is 5.82 Å². The Labute approximate surface area is 146 Å². The summed E-state index contributed by atoms with van der Waals surface area (Å²) >= 11 is 13.1. The van der Waals surface area contributed by atoms with E-state index in [0.717, 1.165) is 23.0 Å². The highest BCUT2D eigenvalue weighted by molar-refractivity contribution is 9.10. The molecular formula is C16H15Br2ClFN. The Hall–Kier alpha value is -0.420. The zero-order valence-electron chi connectivity index (χ0n) is 11.5. The molecule has 0 bridgehead atoms. The molecule has 1 nitrogen and oxygen atoms in total.